The smallest absolute Gasteiger partial charge is 0.123 e. The molecule has 0 bridgehead atoms. The minimum Gasteiger partial charge on any atom is -0.513 e. The quantitative estimate of drug-likeness (QED) is 0.841. The first-order valence-corrected chi connectivity index (χ1v) is 7.63. The van der Waals surface area contributed by atoms with E-state index in [1.165, 1.54) is 12.1 Å². The number of piperidine rings is 1. The van der Waals surface area contributed by atoms with E-state index in [0.29, 0.717) is 5.92 Å². The lowest BCUT2D eigenvalue weighted by molar-refractivity contribution is 0.0484. The third-order valence-electron chi connectivity index (χ3n) is 5.00. The molecule has 2 nitrogen and oxygen atoms in total. The number of hydrogen-bond donors (Lipinski definition) is 1. The molecular formula is C18H26FNO. The van der Waals surface area contributed by atoms with Gasteiger partial charge in [0.1, 0.15) is 5.82 Å². The molecule has 1 aliphatic heterocycles. The van der Waals surface area contributed by atoms with Crippen molar-refractivity contribution in [1.82, 2.24) is 4.90 Å². The molecule has 2 rings (SSSR count). The van der Waals surface area contributed by atoms with Crippen LogP contribution in [-0.2, 0) is 6.42 Å². The lowest BCUT2D eigenvalue weighted by Crippen LogP contribution is -2.49. The monoisotopic (exact) mass is 291 g/mol. The number of halogens is 1. The van der Waals surface area contributed by atoms with Gasteiger partial charge in [0.2, 0.25) is 0 Å². The summed E-state index contributed by atoms with van der Waals surface area (Å²) in [5.74, 6) is 0.491. The van der Waals surface area contributed by atoms with Gasteiger partial charge in [-0.05, 0) is 70.3 Å². The molecule has 1 aromatic rings. The molecule has 3 heteroatoms. The Morgan fingerprint density at radius 3 is 2.57 bits per heavy atom. The number of allylic oxidation sites excluding steroid dienone is 1. The van der Waals surface area contributed by atoms with Crippen molar-refractivity contribution in [1.29, 1.82) is 0 Å². The van der Waals surface area contributed by atoms with Crippen LogP contribution in [0.2, 0.25) is 0 Å². The SMILES string of the molecule is C=C(O)C(Cc1ccc(F)cc1)C1CCN(C)C(C)(C)C1. The summed E-state index contributed by atoms with van der Waals surface area (Å²) in [5.41, 5.74) is 1.19. The van der Waals surface area contributed by atoms with Gasteiger partial charge in [-0.3, -0.25) is 0 Å². The molecular weight excluding hydrogens is 265 g/mol. The maximum Gasteiger partial charge on any atom is 0.123 e. The first-order chi connectivity index (χ1) is 9.79. The van der Waals surface area contributed by atoms with Crippen molar-refractivity contribution in [3.63, 3.8) is 0 Å². The summed E-state index contributed by atoms with van der Waals surface area (Å²) in [5, 5.41) is 10.0. The molecule has 2 unspecified atom stereocenters. The largest absolute Gasteiger partial charge is 0.513 e. The molecule has 0 aliphatic carbocycles. The zero-order valence-electron chi connectivity index (χ0n) is 13.3. The average molecular weight is 291 g/mol. The molecule has 1 aliphatic rings. The fraction of sp³-hybridized carbons (Fsp3) is 0.556. The summed E-state index contributed by atoms with van der Waals surface area (Å²) < 4.78 is 13.0. The summed E-state index contributed by atoms with van der Waals surface area (Å²) in [6.07, 6.45) is 2.82. The van der Waals surface area contributed by atoms with Crippen molar-refractivity contribution in [3.8, 4) is 0 Å². The summed E-state index contributed by atoms with van der Waals surface area (Å²) in [7, 11) is 2.15. The van der Waals surface area contributed by atoms with Gasteiger partial charge in [0.05, 0.1) is 5.76 Å². The first kappa shape index (κ1) is 16.0. The zero-order valence-corrected chi connectivity index (χ0v) is 13.3. The standard InChI is InChI=1S/C18H26FNO/c1-13(21)17(11-14-5-7-16(19)8-6-14)15-9-10-20(4)18(2,3)12-15/h5-8,15,17,21H,1,9-12H2,2-4H3. The van der Waals surface area contributed by atoms with E-state index < -0.39 is 0 Å². The summed E-state index contributed by atoms with van der Waals surface area (Å²) in [4.78, 5) is 2.37. The first-order valence-electron chi connectivity index (χ1n) is 7.63. The summed E-state index contributed by atoms with van der Waals surface area (Å²) in [6.45, 7) is 9.30. The van der Waals surface area contributed by atoms with Crippen LogP contribution < -0.4 is 0 Å². The van der Waals surface area contributed by atoms with Gasteiger partial charge in [-0.2, -0.15) is 0 Å². The number of hydrogen-bond acceptors (Lipinski definition) is 2. The molecule has 1 fully saturated rings. The van der Waals surface area contributed by atoms with E-state index in [1.807, 2.05) is 0 Å². The van der Waals surface area contributed by atoms with Crippen LogP contribution in [0.3, 0.4) is 0 Å². The van der Waals surface area contributed by atoms with Gasteiger partial charge < -0.3 is 10.0 Å². The van der Waals surface area contributed by atoms with E-state index in [1.54, 1.807) is 12.1 Å². The summed E-state index contributed by atoms with van der Waals surface area (Å²) in [6, 6.07) is 6.55. The molecule has 1 heterocycles. The molecule has 0 spiro atoms. The topological polar surface area (TPSA) is 23.5 Å². The van der Waals surface area contributed by atoms with Gasteiger partial charge in [0.25, 0.3) is 0 Å². The Morgan fingerprint density at radius 1 is 1.43 bits per heavy atom. The maximum atomic E-state index is 13.0. The van der Waals surface area contributed by atoms with Gasteiger partial charge in [-0.25, -0.2) is 4.39 Å². The van der Waals surface area contributed by atoms with Crippen molar-refractivity contribution in [2.45, 2.75) is 38.6 Å². The molecule has 1 aromatic carbocycles. The van der Waals surface area contributed by atoms with Crippen LogP contribution in [0.1, 0.15) is 32.3 Å². The fourth-order valence-corrected chi connectivity index (χ4v) is 3.34. The highest BCUT2D eigenvalue weighted by atomic mass is 19.1. The molecule has 21 heavy (non-hydrogen) atoms. The number of aliphatic hydroxyl groups is 1. The van der Waals surface area contributed by atoms with E-state index in [0.717, 1.165) is 31.4 Å². The number of rotatable bonds is 4. The normalized spacial score (nSPS) is 23.7. The van der Waals surface area contributed by atoms with Crippen molar-refractivity contribution >= 4 is 0 Å². The Kier molecular flexibility index (Phi) is 4.72. The van der Waals surface area contributed by atoms with E-state index >= 15 is 0 Å². The van der Waals surface area contributed by atoms with E-state index in [4.69, 9.17) is 0 Å². The van der Waals surface area contributed by atoms with Crippen molar-refractivity contribution in [3.05, 3.63) is 48.0 Å². The molecule has 1 saturated heterocycles. The predicted molar refractivity (Wildman–Crippen MR) is 84.8 cm³/mol. The van der Waals surface area contributed by atoms with E-state index in [-0.39, 0.29) is 23.0 Å². The van der Waals surface area contributed by atoms with Gasteiger partial charge >= 0.3 is 0 Å². The molecule has 116 valence electrons. The number of likely N-dealkylation sites (tertiary alicyclic amines) is 1. The van der Waals surface area contributed by atoms with E-state index in [9.17, 15) is 9.50 Å². The molecule has 2 atom stereocenters. The van der Waals surface area contributed by atoms with Crippen LogP contribution >= 0.6 is 0 Å². The summed E-state index contributed by atoms with van der Waals surface area (Å²) >= 11 is 0. The minimum atomic E-state index is -0.224. The number of benzene rings is 1. The Labute approximate surface area is 127 Å². The second-order valence-electron chi connectivity index (χ2n) is 6.92. The maximum absolute atomic E-state index is 13.0. The van der Waals surface area contributed by atoms with Gasteiger partial charge in [-0.15, -0.1) is 0 Å². The van der Waals surface area contributed by atoms with Gasteiger partial charge in [0, 0.05) is 11.5 Å². The second-order valence-corrected chi connectivity index (χ2v) is 6.92. The van der Waals surface area contributed by atoms with Crippen LogP contribution in [0, 0.1) is 17.7 Å². The predicted octanol–water partition coefficient (Wildman–Crippen LogP) is 4.18. The van der Waals surface area contributed by atoms with Crippen molar-refractivity contribution in [2.24, 2.45) is 11.8 Å². The highest BCUT2D eigenvalue weighted by molar-refractivity contribution is 5.18. The van der Waals surface area contributed by atoms with Crippen LogP contribution in [0.5, 0.6) is 0 Å². The Hall–Kier alpha value is -1.35. The zero-order chi connectivity index (χ0) is 15.6. The number of nitrogens with zero attached hydrogens (tertiary/aromatic N) is 1. The minimum absolute atomic E-state index is 0.0448. The Balaban J connectivity index is 2.12. The third-order valence-corrected chi connectivity index (χ3v) is 5.00. The van der Waals surface area contributed by atoms with Crippen LogP contribution in [0.25, 0.3) is 0 Å². The van der Waals surface area contributed by atoms with E-state index in [2.05, 4.69) is 32.4 Å². The molecule has 1 N–H and O–H groups in total. The van der Waals surface area contributed by atoms with Crippen LogP contribution in [0.4, 0.5) is 4.39 Å². The average Bonchev–Trinajstić information content (AvgIpc) is 2.41. The second kappa shape index (κ2) is 6.18. The van der Waals surface area contributed by atoms with Crippen LogP contribution in [0.15, 0.2) is 36.6 Å². The van der Waals surface area contributed by atoms with Gasteiger partial charge in [0.15, 0.2) is 0 Å². The fourth-order valence-electron chi connectivity index (χ4n) is 3.34. The molecule has 0 aromatic heterocycles. The third kappa shape index (κ3) is 3.85. The van der Waals surface area contributed by atoms with Crippen LogP contribution in [-0.4, -0.2) is 29.1 Å². The highest BCUT2D eigenvalue weighted by Gasteiger charge is 2.36. The van der Waals surface area contributed by atoms with Crippen molar-refractivity contribution < 1.29 is 9.50 Å². The Morgan fingerprint density at radius 2 is 2.05 bits per heavy atom. The molecule has 0 radical (unpaired) electrons. The van der Waals surface area contributed by atoms with Crippen molar-refractivity contribution in [2.75, 3.05) is 13.6 Å². The van der Waals surface area contributed by atoms with Gasteiger partial charge in [-0.1, -0.05) is 18.7 Å². The lowest BCUT2D eigenvalue weighted by Gasteiger charge is -2.45. The molecule has 0 amide bonds. The molecule has 0 saturated carbocycles. The Bertz CT molecular complexity index is 494. The lowest BCUT2D eigenvalue weighted by atomic mass is 9.74. The number of aliphatic hydroxyl groups excluding tert-OH is 1. The highest BCUT2D eigenvalue weighted by Crippen LogP contribution is 2.37.